The molecule has 0 aliphatic carbocycles. The van der Waals surface area contributed by atoms with Gasteiger partial charge in [-0.3, -0.25) is 9.78 Å². The number of pyridine rings is 1. The summed E-state index contributed by atoms with van der Waals surface area (Å²) in [6.45, 7) is 1.89. The Morgan fingerprint density at radius 1 is 1.26 bits per heavy atom. The smallest absolute Gasteiger partial charge is 0.378 e. The summed E-state index contributed by atoms with van der Waals surface area (Å²) in [4.78, 5) is 33.2. The average Bonchev–Trinajstić information content (AvgIpc) is 3.12. The Morgan fingerprint density at radius 3 is 2.74 bits per heavy atom. The Kier molecular flexibility index (Phi) is 5.98. The third kappa shape index (κ3) is 4.06. The van der Waals surface area contributed by atoms with E-state index in [-0.39, 0.29) is 29.8 Å². The summed E-state index contributed by atoms with van der Waals surface area (Å²) in [5, 5.41) is 4.19. The van der Waals surface area contributed by atoms with Gasteiger partial charge in [-0.2, -0.15) is 0 Å². The lowest BCUT2D eigenvalue weighted by Crippen LogP contribution is -2.12. The van der Waals surface area contributed by atoms with Gasteiger partial charge in [0.25, 0.3) is 5.82 Å². The number of carbonyl (C=O) groups is 2. The fraction of sp³-hybridized carbons (Fsp3) is 0.167. The van der Waals surface area contributed by atoms with E-state index in [0.29, 0.717) is 21.5 Å². The number of ether oxygens (including phenoxy) is 1. The van der Waals surface area contributed by atoms with Gasteiger partial charge in [-0.1, -0.05) is 22.0 Å². The highest BCUT2D eigenvalue weighted by atomic mass is 79.9. The van der Waals surface area contributed by atoms with E-state index < -0.39 is 5.97 Å². The Bertz CT molecular complexity index is 992. The van der Waals surface area contributed by atoms with Crippen LogP contribution in [0.2, 0.25) is 0 Å². The van der Waals surface area contributed by atoms with E-state index in [1.54, 1.807) is 49.5 Å². The molecule has 1 aromatic carbocycles. The molecule has 7 nitrogen and oxygen atoms in total. The molecule has 0 N–H and O–H groups in total. The zero-order chi connectivity index (χ0) is 19.4. The van der Waals surface area contributed by atoms with Crippen molar-refractivity contribution in [2.45, 2.75) is 12.8 Å². The second-order valence-electron chi connectivity index (χ2n) is 5.32. The van der Waals surface area contributed by atoms with Gasteiger partial charge in [-0.15, -0.1) is 16.7 Å². The molecule has 3 aromatic rings. The van der Waals surface area contributed by atoms with Crippen LogP contribution in [0.1, 0.15) is 39.4 Å². The summed E-state index contributed by atoms with van der Waals surface area (Å²) in [7, 11) is 0. The lowest BCUT2D eigenvalue weighted by atomic mass is 10.1. The molecule has 0 amide bonds. The van der Waals surface area contributed by atoms with Crippen LogP contribution in [-0.4, -0.2) is 38.1 Å². The molecule has 0 aliphatic heterocycles. The monoisotopic (exact) mass is 448 g/mol. The first-order valence-corrected chi connectivity index (χ1v) is 9.32. The standard InChI is InChI=1S/C18H14BrClN4O3/c1-2-27-18(26)17-22-15(10-20)24(23-17)14-7-6-11(19)9-12(14)16(25)13-5-3-4-8-21-13/h3-9H,2,10H2,1H3. The molecule has 0 atom stereocenters. The predicted molar refractivity (Wildman–Crippen MR) is 102 cm³/mol. The van der Waals surface area contributed by atoms with E-state index in [9.17, 15) is 9.59 Å². The highest BCUT2D eigenvalue weighted by Crippen LogP contribution is 2.24. The summed E-state index contributed by atoms with van der Waals surface area (Å²) < 4.78 is 7.03. The number of aromatic nitrogens is 4. The van der Waals surface area contributed by atoms with Crippen molar-refractivity contribution >= 4 is 39.3 Å². The number of hydrogen-bond acceptors (Lipinski definition) is 6. The number of nitrogens with zero attached hydrogens (tertiary/aromatic N) is 4. The van der Waals surface area contributed by atoms with E-state index in [1.165, 1.54) is 4.68 Å². The second-order valence-corrected chi connectivity index (χ2v) is 6.51. The number of alkyl halides is 1. The SMILES string of the molecule is CCOC(=O)c1nc(CCl)n(-c2ccc(Br)cc2C(=O)c2ccccn2)n1. The van der Waals surface area contributed by atoms with Crippen LogP contribution >= 0.6 is 27.5 Å². The van der Waals surface area contributed by atoms with E-state index in [1.807, 2.05) is 0 Å². The average molecular weight is 450 g/mol. The van der Waals surface area contributed by atoms with Gasteiger partial charge in [-0.25, -0.2) is 14.5 Å². The maximum absolute atomic E-state index is 13.0. The lowest BCUT2D eigenvalue weighted by molar-refractivity contribution is 0.0512. The zero-order valence-corrected chi connectivity index (χ0v) is 16.6. The lowest BCUT2D eigenvalue weighted by Gasteiger charge is -2.10. The Hall–Kier alpha value is -2.58. The van der Waals surface area contributed by atoms with Crippen LogP contribution in [0, 0.1) is 0 Å². The molecule has 0 saturated carbocycles. The Balaban J connectivity index is 2.13. The first kappa shape index (κ1) is 19.2. The second kappa shape index (κ2) is 8.41. The number of hydrogen-bond donors (Lipinski definition) is 0. The van der Waals surface area contributed by atoms with Crippen molar-refractivity contribution in [1.29, 1.82) is 0 Å². The number of benzene rings is 1. The third-order valence-electron chi connectivity index (χ3n) is 3.58. The van der Waals surface area contributed by atoms with E-state index >= 15 is 0 Å². The molecule has 0 radical (unpaired) electrons. The molecule has 0 fully saturated rings. The minimum Gasteiger partial charge on any atom is -0.460 e. The van der Waals surface area contributed by atoms with Crippen molar-refractivity contribution in [2.24, 2.45) is 0 Å². The number of carbonyl (C=O) groups excluding carboxylic acids is 2. The highest BCUT2D eigenvalue weighted by molar-refractivity contribution is 9.10. The zero-order valence-electron chi connectivity index (χ0n) is 14.2. The summed E-state index contributed by atoms with van der Waals surface area (Å²) in [6.07, 6.45) is 1.55. The normalized spacial score (nSPS) is 10.6. The van der Waals surface area contributed by atoms with Crippen molar-refractivity contribution in [3.63, 3.8) is 0 Å². The van der Waals surface area contributed by atoms with Gasteiger partial charge in [-0.05, 0) is 37.3 Å². The predicted octanol–water partition coefficient (Wildman–Crippen LogP) is 3.57. The highest BCUT2D eigenvalue weighted by Gasteiger charge is 2.22. The topological polar surface area (TPSA) is 87.0 Å². The van der Waals surface area contributed by atoms with Crippen LogP contribution < -0.4 is 0 Å². The fourth-order valence-corrected chi connectivity index (χ4v) is 2.95. The molecule has 27 heavy (non-hydrogen) atoms. The van der Waals surface area contributed by atoms with Crippen LogP contribution in [-0.2, 0) is 10.6 Å². The molecule has 0 saturated heterocycles. The van der Waals surface area contributed by atoms with Crippen molar-refractivity contribution in [3.05, 3.63) is 70.0 Å². The summed E-state index contributed by atoms with van der Waals surface area (Å²) >= 11 is 9.35. The maximum atomic E-state index is 13.0. The molecule has 2 aromatic heterocycles. The van der Waals surface area contributed by atoms with E-state index in [0.717, 1.165) is 0 Å². The van der Waals surface area contributed by atoms with E-state index in [4.69, 9.17) is 16.3 Å². The van der Waals surface area contributed by atoms with Gasteiger partial charge in [0.15, 0.2) is 0 Å². The number of esters is 1. The molecular weight excluding hydrogens is 436 g/mol. The maximum Gasteiger partial charge on any atom is 0.378 e. The van der Waals surface area contributed by atoms with Crippen molar-refractivity contribution < 1.29 is 14.3 Å². The minimum absolute atomic E-state index is 0.000311. The molecule has 138 valence electrons. The van der Waals surface area contributed by atoms with Gasteiger partial charge in [0.2, 0.25) is 5.78 Å². The Morgan fingerprint density at radius 2 is 2.07 bits per heavy atom. The van der Waals surface area contributed by atoms with E-state index in [2.05, 4.69) is 31.0 Å². The van der Waals surface area contributed by atoms with Crippen molar-refractivity contribution in [1.82, 2.24) is 19.7 Å². The molecule has 2 heterocycles. The molecule has 0 spiro atoms. The molecular formula is C18H14BrClN4O3. The Labute approximate surface area is 168 Å². The molecule has 9 heteroatoms. The first-order valence-electron chi connectivity index (χ1n) is 7.99. The van der Waals surface area contributed by atoms with Gasteiger partial charge < -0.3 is 4.74 Å². The third-order valence-corrected chi connectivity index (χ3v) is 4.31. The number of halogens is 2. The van der Waals surface area contributed by atoms with Gasteiger partial charge in [0.05, 0.1) is 23.7 Å². The van der Waals surface area contributed by atoms with Gasteiger partial charge >= 0.3 is 5.97 Å². The molecule has 3 rings (SSSR count). The summed E-state index contributed by atoms with van der Waals surface area (Å²) in [5.74, 6) is -0.749. The minimum atomic E-state index is -0.655. The summed E-state index contributed by atoms with van der Waals surface area (Å²) in [5.41, 5.74) is 1.07. The quantitative estimate of drug-likeness (QED) is 0.325. The van der Waals surface area contributed by atoms with Gasteiger partial charge in [0, 0.05) is 10.7 Å². The number of rotatable bonds is 6. The van der Waals surface area contributed by atoms with Crippen LogP contribution in [0.25, 0.3) is 5.69 Å². The van der Waals surface area contributed by atoms with Crippen LogP contribution in [0.5, 0.6) is 0 Å². The van der Waals surface area contributed by atoms with Crippen LogP contribution in [0.15, 0.2) is 47.1 Å². The molecule has 0 aliphatic rings. The van der Waals surface area contributed by atoms with Crippen molar-refractivity contribution in [2.75, 3.05) is 6.61 Å². The van der Waals surface area contributed by atoms with Crippen LogP contribution in [0.3, 0.4) is 0 Å². The molecule has 0 bridgehead atoms. The number of ketones is 1. The molecule has 0 unspecified atom stereocenters. The summed E-state index contributed by atoms with van der Waals surface area (Å²) in [6, 6.07) is 10.2. The largest absolute Gasteiger partial charge is 0.460 e. The van der Waals surface area contributed by atoms with Gasteiger partial charge in [0.1, 0.15) is 11.5 Å². The fourth-order valence-electron chi connectivity index (χ4n) is 2.42. The first-order chi connectivity index (χ1) is 13.0. The van der Waals surface area contributed by atoms with Crippen molar-refractivity contribution in [3.8, 4) is 5.69 Å². The van der Waals surface area contributed by atoms with Crippen LogP contribution in [0.4, 0.5) is 0 Å².